The van der Waals surface area contributed by atoms with E-state index in [9.17, 15) is 30.6 Å². The van der Waals surface area contributed by atoms with Gasteiger partial charge in [0.05, 0.1) is 12.7 Å². The molecule has 0 aliphatic carbocycles. The molecule has 0 aromatic heterocycles. The molecular formula is C11H20O9. The molecule has 0 saturated carbocycles. The van der Waals surface area contributed by atoms with Crippen molar-refractivity contribution in [3.63, 3.8) is 0 Å². The first kappa shape index (κ1) is 16.0. The van der Waals surface area contributed by atoms with Crippen molar-refractivity contribution in [3.05, 3.63) is 0 Å². The fourth-order valence-electron chi connectivity index (χ4n) is 2.16. The topological polar surface area (TPSA) is 149 Å². The number of aliphatic hydroxyl groups excluding tert-OH is 6. The van der Waals surface area contributed by atoms with E-state index in [1.54, 1.807) is 0 Å². The van der Waals surface area contributed by atoms with Gasteiger partial charge in [0.15, 0.2) is 12.6 Å². The smallest absolute Gasteiger partial charge is 0.189 e. The average molecular weight is 296 g/mol. The van der Waals surface area contributed by atoms with Crippen LogP contribution in [0.5, 0.6) is 0 Å². The summed E-state index contributed by atoms with van der Waals surface area (Å²) < 4.78 is 15.4. The third kappa shape index (κ3) is 2.96. The third-order valence-corrected chi connectivity index (χ3v) is 3.53. The average Bonchev–Trinajstić information content (AvgIpc) is 2.42. The summed E-state index contributed by atoms with van der Waals surface area (Å²) in [5.74, 6) is 0. The first-order valence-corrected chi connectivity index (χ1v) is 6.34. The molecule has 0 radical (unpaired) electrons. The molecule has 9 nitrogen and oxygen atoms in total. The van der Waals surface area contributed by atoms with Crippen molar-refractivity contribution in [2.45, 2.75) is 62.2 Å². The Balaban J connectivity index is 1.99. The van der Waals surface area contributed by atoms with Gasteiger partial charge >= 0.3 is 0 Å². The molecular weight excluding hydrogens is 276 g/mol. The maximum absolute atomic E-state index is 9.75. The lowest BCUT2D eigenvalue weighted by Gasteiger charge is -2.42. The van der Waals surface area contributed by atoms with E-state index in [0.717, 1.165) is 0 Å². The lowest BCUT2D eigenvalue weighted by molar-refractivity contribution is -0.361. The highest BCUT2D eigenvalue weighted by Crippen LogP contribution is 2.25. The Hall–Kier alpha value is -0.360. The first-order chi connectivity index (χ1) is 9.32. The van der Waals surface area contributed by atoms with Gasteiger partial charge in [-0.25, -0.2) is 0 Å². The van der Waals surface area contributed by atoms with Crippen molar-refractivity contribution in [1.29, 1.82) is 0 Å². The van der Waals surface area contributed by atoms with Gasteiger partial charge in [-0.15, -0.1) is 0 Å². The van der Waals surface area contributed by atoms with Gasteiger partial charge in [-0.3, -0.25) is 0 Å². The van der Waals surface area contributed by atoms with E-state index in [0.29, 0.717) is 0 Å². The van der Waals surface area contributed by atoms with Crippen LogP contribution in [-0.2, 0) is 14.2 Å². The van der Waals surface area contributed by atoms with E-state index in [4.69, 9.17) is 14.2 Å². The van der Waals surface area contributed by atoms with Crippen LogP contribution in [0.15, 0.2) is 0 Å². The summed E-state index contributed by atoms with van der Waals surface area (Å²) >= 11 is 0. The second kappa shape index (κ2) is 6.18. The van der Waals surface area contributed by atoms with Gasteiger partial charge in [-0.2, -0.15) is 0 Å². The highest BCUT2D eigenvalue weighted by molar-refractivity contribution is 4.89. The summed E-state index contributed by atoms with van der Waals surface area (Å²) in [7, 11) is 0. The summed E-state index contributed by atoms with van der Waals surface area (Å²) in [6, 6.07) is 0. The van der Waals surface area contributed by atoms with Gasteiger partial charge in [-0.1, -0.05) is 0 Å². The predicted molar refractivity (Wildman–Crippen MR) is 61.2 cm³/mol. The second-order valence-corrected chi connectivity index (χ2v) is 5.07. The number of rotatable bonds is 2. The fourth-order valence-corrected chi connectivity index (χ4v) is 2.16. The molecule has 0 aromatic carbocycles. The fraction of sp³-hybridized carbons (Fsp3) is 1.00. The molecule has 2 heterocycles. The zero-order chi connectivity index (χ0) is 15.0. The number of hydrogen-bond acceptors (Lipinski definition) is 9. The SMILES string of the molecule is C[C@@H]1O[C@@H](O[C@H]2OC[C@@H](O)[C@H](O)[C@H]2O)[C@H](O)[C@H](O)[C@H]1O. The molecule has 0 unspecified atom stereocenters. The van der Waals surface area contributed by atoms with Crippen molar-refractivity contribution in [2.75, 3.05) is 6.61 Å². The molecule has 2 fully saturated rings. The van der Waals surface area contributed by atoms with E-state index < -0.39 is 55.3 Å². The van der Waals surface area contributed by atoms with Gasteiger partial charge in [-0.05, 0) is 6.92 Å². The molecule has 2 saturated heterocycles. The molecule has 0 spiro atoms. The molecule has 6 N–H and O–H groups in total. The van der Waals surface area contributed by atoms with E-state index in [1.165, 1.54) is 6.92 Å². The molecule has 118 valence electrons. The van der Waals surface area contributed by atoms with Crippen LogP contribution in [0.2, 0.25) is 0 Å². The standard InChI is InChI=1S/C11H20O9/c1-3-5(13)7(15)9(17)11(19-3)20-10-8(16)6(14)4(12)2-18-10/h3-17H,2H2,1H3/t3-,4+,5-,6-,7+,8+,9+,10+,11-/m0/s1. The molecule has 9 heteroatoms. The minimum Gasteiger partial charge on any atom is -0.388 e. The highest BCUT2D eigenvalue weighted by atomic mass is 16.8. The van der Waals surface area contributed by atoms with Crippen molar-refractivity contribution in [1.82, 2.24) is 0 Å². The molecule has 0 amide bonds. The van der Waals surface area contributed by atoms with Crippen LogP contribution < -0.4 is 0 Å². The van der Waals surface area contributed by atoms with Crippen LogP contribution in [0, 0.1) is 0 Å². The summed E-state index contributed by atoms with van der Waals surface area (Å²) in [5, 5.41) is 57.4. The lowest BCUT2D eigenvalue weighted by atomic mass is 10.00. The minimum atomic E-state index is -1.54. The zero-order valence-electron chi connectivity index (χ0n) is 10.8. The summed E-state index contributed by atoms with van der Waals surface area (Å²) in [4.78, 5) is 0. The molecule has 2 rings (SSSR count). The van der Waals surface area contributed by atoms with E-state index in [2.05, 4.69) is 0 Å². The van der Waals surface area contributed by atoms with Crippen LogP contribution in [0.25, 0.3) is 0 Å². The van der Waals surface area contributed by atoms with Crippen molar-refractivity contribution in [3.8, 4) is 0 Å². The van der Waals surface area contributed by atoms with Crippen LogP contribution >= 0.6 is 0 Å². The first-order valence-electron chi connectivity index (χ1n) is 6.34. The molecule has 2 aliphatic heterocycles. The molecule has 0 bridgehead atoms. The van der Waals surface area contributed by atoms with Gasteiger partial charge in [0.1, 0.15) is 36.6 Å². The summed E-state index contributed by atoms with van der Waals surface area (Å²) in [6.07, 6.45) is -12.0. The normalized spacial score (nSPS) is 53.9. The van der Waals surface area contributed by atoms with Crippen molar-refractivity contribution < 1.29 is 44.8 Å². The summed E-state index contributed by atoms with van der Waals surface area (Å²) in [6.45, 7) is 1.22. The number of hydrogen-bond donors (Lipinski definition) is 6. The lowest BCUT2D eigenvalue weighted by Crippen LogP contribution is -2.60. The highest BCUT2D eigenvalue weighted by Gasteiger charge is 2.46. The monoisotopic (exact) mass is 296 g/mol. The quantitative estimate of drug-likeness (QED) is 0.302. The van der Waals surface area contributed by atoms with Crippen LogP contribution in [0.1, 0.15) is 6.92 Å². The van der Waals surface area contributed by atoms with Gasteiger partial charge < -0.3 is 44.8 Å². The van der Waals surface area contributed by atoms with Gasteiger partial charge in [0.2, 0.25) is 0 Å². The molecule has 2 aliphatic rings. The Kier molecular flexibility index (Phi) is 4.95. The molecule has 0 aromatic rings. The molecule has 20 heavy (non-hydrogen) atoms. The Morgan fingerprint density at radius 3 is 2.05 bits per heavy atom. The Bertz CT molecular complexity index is 327. The number of aliphatic hydroxyl groups is 6. The van der Waals surface area contributed by atoms with Crippen molar-refractivity contribution >= 4 is 0 Å². The summed E-state index contributed by atoms with van der Waals surface area (Å²) in [5.41, 5.74) is 0. The second-order valence-electron chi connectivity index (χ2n) is 5.07. The number of ether oxygens (including phenoxy) is 3. The largest absolute Gasteiger partial charge is 0.388 e. The maximum atomic E-state index is 9.75. The predicted octanol–water partition coefficient (Wildman–Crippen LogP) is -3.73. The molecule has 9 atom stereocenters. The van der Waals surface area contributed by atoms with E-state index >= 15 is 0 Å². The Labute approximate surface area is 114 Å². The van der Waals surface area contributed by atoms with Crippen molar-refractivity contribution in [2.24, 2.45) is 0 Å². The third-order valence-electron chi connectivity index (χ3n) is 3.53. The Morgan fingerprint density at radius 2 is 1.40 bits per heavy atom. The van der Waals surface area contributed by atoms with Gasteiger partial charge in [0, 0.05) is 0 Å². The van der Waals surface area contributed by atoms with Crippen LogP contribution in [-0.4, -0.2) is 92.6 Å². The van der Waals surface area contributed by atoms with E-state index in [-0.39, 0.29) is 6.61 Å². The Morgan fingerprint density at radius 1 is 0.800 bits per heavy atom. The van der Waals surface area contributed by atoms with Crippen LogP contribution in [0.4, 0.5) is 0 Å². The van der Waals surface area contributed by atoms with Crippen LogP contribution in [0.3, 0.4) is 0 Å². The van der Waals surface area contributed by atoms with Gasteiger partial charge in [0.25, 0.3) is 0 Å². The maximum Gasteiger partial charge on any atom is 0.189 e. The zero-order valence-corrected chi connectivity index (χ0v) is 10.8. The minimum absolute atomic E-state index is 0.257. The van der Waals surface area contributed by atoms with E-state index in [1.807, 2.05) is 0 Å².